The number of urea groups is 1. The minimum atomic E-state index is -0.604. The Morgan fingerprint density at radius 3 is 2.22 bits per heavy atom. The molecule has 1 heterocycles. The van der Waals surface area contributed by atoms with Crippen LogP contribution in [0.5, 0.6) is 0 Å². The zero-order chi connectivity index (χ0) is 26.3. The highest BCUT2D eigenvalue weighted by molar-refractivity contribution is 5.96. The van der Waals surface area contributed by atoms with Crippen molar-refractivity contribution in [2.75, 3.05) is 18.5 Å². The van der Waals surface area contributed by atoms with Crippen molar-refractivity contribution < 1.29 is 19.1 Å². The lowest BCUT2D eigenvalue weighted by molar-refractivity contribution is -0.141. The highest BCUT2D eigenvalue weighted by Gasteiger charge is 2.54. The Bertz CT molecular complexity index is 1060. The molecule has 4 fully saturated rings. The van der Waals surface area contributed by atoms with E-state index in [0.29, 0.717) is 42.2 Å². The number of benzene rings is 1. The van der Waals surface area contributed by atoms with Gasteiger partial charge < -0.3 is 15.4 Å². The smallest absolute Gasteiger partial charge is 0.338 e. The van der Waals surface area contributed by atoms with E-state index in [2.05, 4.69) is 10.6 Å². The number of hydrogen-bond donors (Lipinski definition) is 2. The fraction of sp³-hybridized carbons (Fsp3) is 0.633. The van der Waals surface area contributed by atoms with Gasteiger partial charge in [-0.3, -0.25) is 9.69 Å². The molecule has 1 unspecified atom stereocenters. The van der Waals surface area contributed by atoms with Gasteiger partial charge in [0, 0.05) is 17.9 Å². The van der Waals surface area contributed by atoms with Gasteiger partial charge in [0.25, 0.3) is 0 Å². The third kappa shape index (κ3) is 5.01. The normalized spacial score (nSPS) is 30.5. The number of rotatable bonds is 8. The molecule has 1 aromatic carbocycles. The van der Waals surface area contributed by atoms with Crippen molar-refractivity contribution in [1.29, 1.82) is 0 Å². The number of esters is 1. The van der Waals surface area contributed by atoms with Crippen LogP contribution >= 0.6 is 0 Å². The molecule has 0 radical (unpaired) electrons. The third-order valence-electron chi connectivity index (χ3n) is 8.83. The first kappa shape index (κ1) is 25.8. The molecule has 200 valence electrons. The summed E-state index contributed by atoms with van der Waals surface area (Å²) in [5.74, 6) is 2.11. The molecule has 2 N–H and O–H groups in total. The average Bonchev–Trinajstić information content (AvgIpc) is 2.84. The Hall–Kier alpha value is -2.83. The Morgan fingerprint density at radius 2 is 1.68 bits per heavy atom. The maximum atomic E-state index is 13.5. The van der Waals surface area contributed by atoms with Crippen LogP contribution in [0.2, 0.25) is 0 Å². The first-order chi connectivity index (χ1) is 17.7. The quantitative estimate of drug-likeness (QED) is 0.436. The third-order valence-corrected chi connectivity index (χ3v) is 8.83. The number of nitrogens with one attached hydrogen (secondary N) is 2. The number of ether oxygens (including phenoxy) is 1. The summed E-state index contributed by atoms with van der Waals surface area (Å²) >= 11 is 0. The maximum Gasteiger partial charge on any atom is 0.338 e. The molecule has 7 heteroatoms. The van der Waals surface area contributed by atoms with Gasteiger partial charge >= 0.3 is 12.0 Å². The van der Waals surface area contributed by atoms with Gasteiger partial charge in [-0.05, 0) is 93.2 Å². The molecule has 7 nitrogen and oxygen atoms in total. The second-order valence-electron chi connectivity index (χ2n) is 12.3. The van der Waals surface area contributed by atoms with E-state index < -0.39 is 12.0 Å². The van der Waals surface area contributed by atoms with Crippen molar-refractivity contribution in [2.45, 2.75) is 78.7 Å². The topological polar surface area (TPSA) is 87.7 Å². The van der Waals surface area contributed by atoms with Gasteiger partial charge in [0.2, 0.25) is 5.91 Å². The predicted molar refractivity (Wildman–Crippen MR) is 142 cm³/mol. The molecule has 1 aliphatic heterocycles. The van der Waals surface area contributed by atoms with Crippen LogP contribution in [0, 0.1) is 29.1 Å². The number of carbonyl (C=O) groups is 3. The van der Waals surface area contributed by atoms with Gasteiger partial charge in [0.05, 0.1) is 23.6 Å². The van der Waals surface area contributed by atoms with E-state index >= 15 is 0 Å². The average molecular weight is 508 g/mol. The van der Waals surface area contributed by atoms with Crippen molar-refractivity contribution in [3.8, 4) is 0 Å². The summed E-state index contributed by atoms with van der Waals surface area (Å²) in [6.07, 6.45) is 7.77. The van der Waals surface area contributed by atoms with Gasteiger partial charge in [-0.25, -0.2) is 9.59 Å². The van der Waals surface area contributed by atoms with Crippen LogP contribution in [0.15, 0.2) is 35.5 Å². The summed E-state index contributed by atoms with van der Waals surface area (Å²) in [6.45, 7) is 8.65. The van der Waals surface area contributed by atoms with Crippen LogP contribution in [0.3, 0.4) is 0 Å². The molecule has 4 bridgehead atoms. The minimum absolute atomic E-state index is 0.161. The SMILES string of the molecule is CCCN1C(=O)NC(c2ccc(NC(=O)C34CC5CC(CC(C5)C3)C4)cc2)C(C(=O)OCC(C)C)=C1C. The van der Waals surface area contributed by atoms with Gasteiger partial charge in [0.1, 0.15) is 0 Å². The van der Waals surface area contributed by atoms with Crippen molar-refractivity contribution in [2.24, 2.45) is 29.1 Å². The van der Waals surface area contributed by atoms with E-state index in [0.717, 1.165) is 36.9 Å². The van der Waals surface area contributed by atoms with Gasteiger partial charge in [-0.2, -0.15) is 0 Å². The number of amides is 3. The minimum Gasteiger partial charge on any atom is -0.462 e. The highest BCUT2D eigenvalue weighted by Crippen LogP contribution is 2.60. The van der Waals surface area contributed by atoms with Crippen molar-refractivity contribution in [3.05, 3.63) is 41.1 Å². The Morgan fingerprint density at radius 1 is 1.08 bits per heavy atom. The molecule has 4 aliphatic carbocycles. The van der Waals surface area contributed by atoms with Crippen molar-refractivity contribution in [1.82, 2.24) is 10.2 Å². The van der Waals surface area contributed by atoms with E-state index in [1.165, 1.54) is 19.3 Å². The molecular weight excluding hydrogens is 466 g/mol. The van der Waals surface area contributed by atoms with Crippen LogP contribution < -0.4 is 10.6 Å². The second-order valence-corrected chi connectivity index (χ2v) is 12.3. The lowest BCUT2D eigenvalue weighted by atomic mass is 9.49. The van der Waals surface area contributed by atoms with Gasteiger partial charge in [0.15, 0.2) is 0 Å². The first-order valence-electron chi connectivity index (χ1n) is 14.1. The zero-order valence-corrected chi connectivity index (χ0v) is 22.6. The van der Waals surface area contributed by atoms with Crippen molar-refractivity contribution >= 4 is 23.6 Å². The van der Waals surface area contributed by atoms with E-state index in [1.54, 1.807) is 4.90 Å². The molecule has 5 aliphatic rings. The van der Waals surface area contributed by atoms with E-state index in [9.17, 15) is 14.4 Å². The zero-order valence-electron chi connectivity index (χ0n) is 22.6. The molecule has 0 spiro atoms. The number of hydrogen-bond acceptors (Lipinski definition) is 4. The summed E-state index contributed by atoms with van der Waals surface area (Å²) in [6, 6.07) is 6.71. The molecule has 4 saturated carbocycles. The molecule has 1 aromatic rings. The largest absolute Gasteiger partial charge is 0.462 e. The summed E-state index contributed by atoms with van der Waals surface area (Å²) in [5.41, 5.74) is 2.42. The number of anilines is 1. The van der Waals surface area contributed by atoms with Gasteiger partial charge in [-0.15, -0.1) is 0 Å². The van der Waals surface area contributed by atoms with Crippen LogP contribution in [0.25, 0.3) is 0 Å². The van der Waals surface area contributed by atoms with E-state index in [-0.39, 0.29) is 23.3 Å². The number of carbonyl (C=O) groups excluding carboxylic acids is 3. The second kappa shape index (κ2) is 10.1. The molecular formula is C30H41N3O4. The van der Waals surface area contributed by atoms with Crippen LogP contribution in [0.1, 0.15) is 84.2 Å². The molecule has 3 amide bonds. The van der Waals surface area contributed by atoms with Crippen LogP contribution in [-0.2, 0) is 14.3 Å². The lowest BCUT2D eigenvalue weighted by Crippen LogP contribution is -2.51. The maximum absolute atomic E-state index is 13.5. The highest BCUT2D eigenvalue weighted by atomic mass is 16.5. The first-order valence-corrected chi connectivity index (χ1v) is 14.1. The summed E-state index contributed by atoms with van der Waals surface area (Å²) < 4.78 is 5.59. The summed E-state index contributed by atoms with van der Waals surface area (Å²) in [7, 11) is 0. The van der Waals surface area contributed by atoms with Crippen LogP contribution in [0.4, 0.5) is 10.5 Å². The molecule has 1 atom stereocenters. The van der Waals surface area contributed by atoms with Crippen LogP contribution in [-0.4, -0.2) is 36.0 Å². The monoisotopic (exact) mass is 507 g/mol. The van der Waals surface area contributed by atoms with Crippen molar-refractivity contribution in [3.63, 3.8) is 0 Å². The standard InChI is InChI=1S/C30H41N3O4/c1-5-10-33-19(4)25(27(34)37-17-18(2)3)26(32-29(33)36)23-6-8-24(9-7-23)31-28(35)30-14-20-11-21(15-30)13-22(12-20)16-30/h6-9,18,20-22,26H,5,10-17H2,1-4H3,(H,31,35)(H,32,36). The Balaban J connectivity index is 1.34. The predicted octanol–water partition coefficient (Wildman–Crippen LogP) is 5.79. The molecule has 37 heavy (non-hydrogen) atoms. The summed E-state index contributed by atoms with van der Waals surface area (Å²) in [5, 5.41) is 6.21. The van der Waals surface area contributed by atoms with E-state index in [1.807, 2.05) is 52.0 Å². The fourth-order valence-corrected chi connectivity index (χ4v) is 7.52. The molecule has 0 aromatic heterocycles. The fourth-order valence-electron chi connectivity index (χ4n) is 7.52. The molecule has 6 rings (SSSR count). The Labute approximate surface area is 220 Å². The number of allylic oxidation sites excluding steroid dienone is 1. The van der Waals surface area contributed by atoms with Gasteiger partial charge in [-0.1, -0.05) is 32.9 Å². The summed E-state index contributed by atoms with van der Waals surface area (Å²) in [4.78, 5) is 41.1. The molecule has 0 saturated heterocycles. The van der Waals surface area contributed by atoms with E-state index in [4.69, 9.17) is 4.74 Å². The lowest BCUT2D eigenvalue weighted by Gasteiger charge is -2.55. The Kier molecular flexibility index (Phi) is 7.08. The number of nitrogens with zero attached hydrogens (tertiary/aromatic N) is 1.